The molecule has 0 saturated carbocycles. The first kappa shape index (κ1) is 23.9. The lowest BCUT2D eigenvalue weighted by atomic mass is 10.2. The lowest BCUT2D eigenvalue weighted by molar-refractivity contribution is 0.0389. The molecule has 1 heterocycles. The van der Waals surface area contributed by atoms with Crippen LogP contribution < -0.4 is 15.4 Å². The van der Waals surface area contributed by atoms with E-state index >= 15 is 0 Å². The molecule has 1 aromatic rings. The summed E-state index contributed by atoms with van der Waals surface area (Å²) in [6.07, 6.45) is 0.888. The highest BCUT2D eigenvalue weighted by Crippen LogP contribution is 2.13. The van der Waals surface area contributed by atoms with Crippen LogP contribution in [0.25, 0.3) is 0 Å². The van der Waals surface area contributed by atoms with Crippen LogP contribution in [0.3, 0.4) is 0 Å². The molecule has 0 radical (unpaired) electrons. The van der Waals surface area contributed by atoms with E-state index in [0.717, 1.165) is 63.1 Å². The lowest BCUT2D eigenvalue weighted by Gasteiger charge is -2.26. The van der Waals surface area contributed by atoms with E-state index in [4.69, 9.17) is 14.2 Å². The summed E-state index contributed by atoms with van der Waals surface area (Å²) in [5.41, 5.74) is 1.16. The van der Waals surface area contributed by atoms with Crippen molar-refractivity contribution >= 4 is 29.9 Å². The fraction of sp³-hybridized carbons (Fsp3) is 0.632. The molecule has 0 unspecified atom stereocenters. The van der Waals surface area contributed by atoms with Crippen LogP contribution in [0.5, 0.6) is 5.75 Å². The molecule has 0 spiro atoms. The molecule has 0 amide bonds. The van der Waals surface area contributed by atoms with Crippen LogP contribution >= 0.6 is 24.0 Å². The molecule has 1 aromatic carbocycles. The minimum Gasteiger partial charge on any atom is -0.493 e. The molecular formula is C19H33IN4O3. The summed E-state index contributed by atoms with van der Waals surface area (Å²) in [5.74, 6) is 1.69. The Morgan fingerprint density at radius 1 is 1.22 bits per heavy atom. The van der Waals surface area contributed by atoms with E-state index in [9.17, 15) is 0 Å². The van der Waals surface area contributed by atoms with E-state index in [-0.39, 0.29) is 24.0 Å². The highest BCUT2D eigenvalue weighted by atomic mass is 127. The van der Waals surface area contributed by atoms with Crippen LogP contribution in [0.4, 0.5) is 0 Å². The fourth-order valence-corrected chi connectivity index (χ4v) is 2.70. The van der Waals surface area contributed by atoms with Gasteiger partial charge in [0.15, 0.2) is 5.96 Å². The van der Waals surface area contributed by atoms with E-state index in [1.807, 2.05) is 12.1 Å². The molecule has 0 aliphatic carbocycles. The summed E-state index contributed by atoms with van der Waals surface area (Å²) >= 11 is 0. The number of rotatable bonds is 10. The maximum atomic E-state index is 5.74. The van der Waals surface area contributed by atoms with Gasteiger partial charge in [0.1, 0.15) is 5.75 Å². The van der Waals surface area contributed by atoms with Gasteiger partial charge < -0.3 is 24.8 Å². The number of hydrogen-bond donors (Lipinski definition) is 2. The molecule has 2 rings (SSSR count). The number of nitrogens with one attached hydrogen (secondary N) is 2. The molecular weight excluding hydrogens is 459 g/mol. The Hall–Kier alpha value is -1.10. The molecule has 1 aliphatic heterocycles. The first-order valence-electron chi connectivity index (χ1n) is 9.27. The Morgan fingerprint density at radius 2 is 2.04 bits per heavy atom. The average molecular weight is 492 g/mol. The van der Waals surface area contributed by atoms with Gasteiger partial charge in [0.05, 0.1) is 19.8 Å². The van der Waals surface area contributed by atoms with Crippen molar-refractivity contribution in [3.63, 3.8) is 0 Å². The van der Waals surface area contributed by atoms with Crippen LogP contribution in [-0.2, 0) is 16.0 Å². The van der Waals surface area contributed by atoms with Crippen molar-refractivity contribution in [1.29, 1.82) is 0 Å². The van der Waals surface area contributed by atoms with Crippen LogP contribution in [0.15, 0.2) is 29.3 Å². The highest BCUT2D eigenvalue weighted by Gasteiger charge is 2.09. The second-order valence-corrected chi connectivity index (χ2v) is 6.15. The minimum atomic E-state index is 0. The number of guanidine groups is 1. The van der Waals surface area contributed by atoms with Gasteiger partial charge in [0, 0.05) is 59.9 Å². The van der Waals surface area contributed by atoms with E-state index in [2.05, 4.69) is 32.7 Å². The summed E-state index contributed by atoms with van der Waals surface area (Å²) < 4.78 is 16.1. The molecule has 7 nitrogen and oxygen atoms in total. The maximum Gasteiger partial charge on any atom is 0.191 e. The third-order valence-corrected chi connectivity index (χ3v) is 4.17. The third kappa shape index (κ3) is 10.1. The maximum absolute atomic E-state index is 5.74. The van der Waals surface area contributed by atoms with Gasteiger partial charge in [-0.15, -0.1) is 24.0 Å². The zero-order valence-corrected chi connectivity index (χ0v) is 18.7. The van der Waals surface area contributed by atoms with Gasteiger partial charge in [-0.1, -0.05) is 12.1 Å². The number of benzene rings is 1. The van der Waals surface area contributed by atoms with Gasteiger partial charge >= 0.3 is 0 Å². The highest BCUT2D eigenvalue weighted by molar-refractivity contribution is 14.0. The molecule has 0 bridgehead atoms. The number of aliphatic imine (C=N–C) groups is 1. The Bertz CT molecular complexity index is 539. The molecule has 8 heteroatoms. The molecule has 154 valence electrons. The van der Waals surface area contributed by atoms with Gasteiger partial charge in [0.2, 0.25) is 0 Å². The second kappa shape index (κ2) is 14.9. The first-order valence-corrected chi connectivity index (χ1v) is 9.27. The smallest absolute Gasteiger partial charge is 0.191 e. The standard InChI is InChI=1S/C19H32N4O3.HI/c1-20-19(21-7-8-23-9-13-25-14-10-23)22-16-17-5-3-6-18(15-17)26-12-4-11-24-2;/h3,5-6,15H,4,7-14,16H2,1-2H3,(H2,20,21,22);1H. The van der Waals surface area contributed by atoms with Crippen LogP contribution in [-0.4, -0.2) is 77.6 Å². The Balaban J connectivity index is 0.00000364. The second-order valence-electron chi connectivity index (χ2n) is 6.15. The van der Waals surface area contributed by atoms with Crippen molar-refractivity contribution in [2.75, 3.05) is 66.8 Å². The lowest BCUT2D eigenvalue weighted by Crippen LogP contribution is -2.44. The molecule has 2 N–H and O–H groups in total. The van der Waals surface area contributed by atoms with Crippen molar-refractivity contribution in [3.05, 3.63) is 29.8 Å². The summed E-state index contributed by atoms with van der Waals surface area (Å²) in [5, 5.41) is 6.71. The van der Waals surface area contributed by atoms with Gasteiger partial charge in [-0.05, 0) is 17.7 Å². The van der Waals surface area contributed by atoms with Crippen molar-refractivity contribution in [2.45, 2.75) is 13.0 Å². The fourth-order valence-electron chi connectivity index (χ4n) is 2.70. The molecule has 1 saturated heterocycles. The number of morpholine rings is 1. The van der Waals surface area contributed by atoms with Crippen molar-refractivity contribution < 1.29 is 14.2 Å². The zero-order valence-electron chi connectivity index (χ0n) is 16.4. The summed E-state index contributed by atoms with van der Waals surface area (Å²) in [6.45, 7) is 7.61. The summed E-state index contributed by atoms with van der Waals surface area (Å²) in [7, 11) is 3.49. The Morgan fingerprint density at radius 3 is 2.78 bits per heavy atom. The quantitative estimate of drug-likeness (QED) is 0.225. The van der Waals surface area contributed by atoms with Crippen molar-refractivity contribution in [3.8, 4) is 5.75 Å². The van der Waals surface area contributed by atoms with Crippen LogP contribution in [0.1, 0.15) is 12.0 Å². The van der Waals surface area contributed by atoms with Gasteiger partial charge in [-0.2, -0.15) is 0 Å². The Kier molecular flexibility index (Phi) is 13.2. The minimum absolute atomic E-state index is 0. The zero-order chi connectivity index (χ0) is 18.5. The molecule has 0 aromatic heterocycles. The number of nitrogens with zero attached hydrogens (tertiary/aromatic N) is 2. The van der Waals surface area contributed by atoms with E-state index < -0.39 is 0 Å². The Labute approximate surface area is 179 Å². The average Bonchev–Trinajstić information content (AvgIpc) is 2.69. The van der Waals surface area contributed by atoms with Crippen LogP contribution in [0.2, 0.25) is 0 Å². The van der Waals surface area contributed by atoms with E-state index in [0.29, 0.717) is 19.8 Å². The number of methoxy groups -OCH3 is 1. The van der Waals surface area contributed by atoms with E-state index in [1.165, 1.54) is 0 Å². The van der Waals surface area contributed by atoms with Crippen molar-refractivity contribution in [1.82, 2.24) is 15.5 Å². The van der Waals surface area contributed by atoms with Crippen molar-refractivity contribution in [2.24, 2.45) is 4.99 Å². The topological polar surface area (TPSA) is 67.4 Å². The molecule has 0 atom stereocenters. The van der Waals surface area contributed by atoms with Gasteiger partial charge in [-0.25, -0.2) is 0 Å². The number of halogens is 1. The van der Waals surface area contributed by atoms with Gasteiger partial charge in [-0.3, -0.25) is 9.89 Å². The first-order chi connectivity index (χ1) is 12.8. The molecule has 1 aliphatic rings. The predicted molar refractivity (Wildman–Crippen MR) is 119 cm³/mol. The molecule has 1 fully saturated rings. The molecule has 27 heavy (non-hydrogen) atoms. The predicted octanol–water partition coefficient (Wildman–Crippen LogP) is 1.72. The monoisotopic (exact) mass is 492 g/mol. The van der Waals surface area contributed by atoms with E-state index in [1.54, 1.807) is 14.2 Å². The van der Waals surface area contributed by atoms with Crippen LogP contribution in [0, 0.1) is 0 Å². The van der Waals surface area contributed by atoms with Gasteiger partial charge in [0.25, 0.3) is 0 Å². The number of hydrogen-bond acceptors (Lipinski definition) is 5. The number of ether oxygens (including phenoxy) is 3. The third-order valence-electron chi connectivity index (χ3n) is 4.17. The summed E-state index contributed by atoms with van der Waals surface area (Å²) in [4.78, 5) is 6.68. The summed E-state index contributed by atoms with van der Waals surface area (Å²) in [6, 6.07) is 8.12. The normalized spacial score (nSPS) is 15.1. The SMILES string of the molecule is CN=C(NCCN1CCOCC1)NCc1cccc(OCCCOC)c1.I. The largest absolute Gasteiger partial charge is 0.493 e.